The third-order valence-corrected chi connectivity index (χ3v) is 10.3. The van der Waals surface area contributed by atoms with Gasteiger partial charge in [-0.2, -0.15) is 0 Å². The Morgan fingerprint density at radius 3 is 1.22 bits per heavy atom. The monoisotopic (exact) mass is 706 g/mol. The second kappa shape index (κ2) is 40.6. The largest absolute Gasteiger partial charge is 0.394 e. The van der Waals surface area contributed by atoms with E-state index in [-0.39, 0.29) is 12.5 Å². The van der Waals surface area contributed by atoms with Crippen LogP contribution in [0.2, 0.25) is 0 Å². The van der Waals surface area contributed by atoms with E-state index in [0.717, 1.165) is 44.9 Å². The molecular formula is C45H87NO4. The van der Waals surface area contributed by atoms with Gasteiger partial charge in [-0.15, -0.1) is 0 Å². The topological polar surface area (TPSA) is 89.8 Å². The minimum atomic E-state index is -1.16. The van der Waals surface area contributed by atoms with Crippen LogP contribution in [0.15, 0.2) is 24.3 Å². The van der Waals surface area contributed by atoms with Gasteiger partial charge in [0.15, 0.2) is 0 Å². The van der Waals surface area contributed by atoms with E-state index in [0.29, 0.717) is 12.8 Å². The molecule has 1 amide bonds. The van der Waals surface area contributed by atoms with Gasteiger partial charge in [-0.05, 0) is 51.4 Å². The summed E-state index contributed by atoms with van der Waals surface area (Å²) in [5.41, 5.74) is 0. The zero-order chi connectivity index (χ0) is 36.6. The smallest absolute Gasteiger partial charge is 0.220 e. The molecule has 3 atom stereocenters. The Kier molecular flexibility index (Phi) is 39.6. The summed E-state index contributed by atoms with van der Waals surface area (Å²) in [7, 11) is 0. The van der Waals surface area contributed by atoms with E-state index in [9.17, 15) is 20.1 Å². The van der Waals surface area contributed by atoms with Crippen molar-refractivity contribution in [1.29, 1.82) is 0 Å². The van der Waals surface area contributed by atoms with Crippen molar-refractivity contribution in [3.63, 3.8) is 0 Å². The first-order chi connectivity index (χ1) is 24.6. The Labute approximate surface area is 312 Å². The van der Waals surface area contributed by atoms with Gasteiger partial charge in [-0.3, -0.25) is 4.79 Å². The van der Waals surface area contributed by atoms with Crippen LogP contribution in [0, 0.1) is 0 Å². The molecule has 0 fully saturated rings. The van der Waals surface area contributed by atoms with E-state index in [2.05, 4.69) is 43.5 Å². The first-order valence-electron chi connectivity index (χ1n) is 22.1. The number of hydrogen-bond donors (Lipinski definition) is 4. The van der Waals surface area contributed by atoms with Crippen molar-refractivity contribution < 1.29 is 20.1 Å². The van der Waals surface area contributed by atoms with Crippen LogP contribution in [0.3, 0.4) is 0 Å². The maximum absolute atomic E-state index is 12.4. The van der Waals surface area contributed by atoms with Crippen LogP contribution in [0.25, 0.3) is 0 Å². The standard InChI is InChI=1S/C45H87NO4/c1-3-5-7-9-11-13-15-17-18-19-20-21-22-23-24-25-26-27-28-29-31-33-35-37-39-43(48)45(50)42(41-47)46-44(49)40-38-36-34-32-30-16-14-12-10-8-6-4-2/h26-27,31,33,42-43,45,47-48,50H,3-25,28-30,32,34-41H2,1-2H3,(H,46,49)/b27-26+,33-31+. The number of aliphatic hydroxyl groups is 3. The number of nitrogens with one attached hydrogen (secondary N) is 1. The van der Waals surface area contributed by atoms with Crippen LogP contribution < -0.4 is 5.32 Å². The minimum Gasteiger partial charge on any atom is -0.394 e. The van der Waals surface area contributed by atoms with Crippen LogP contribution in [0.4, 0.5) is 0 Å². The molecule has 0 spiro atoms. The lowest BCUT2D eigenvalue weighted by atomic mass is 10.0. The molecule has 0 aliphatic carbocycles. The molecule has 0 aromatic carbocycles. The number of allylic oxidation sites excluding steroid dienone is 4. The fourth-order valence-corrected chi connectivity index (χ4v) is 6.83. The van der Waals surface area contributed by atoms with Gasteiger partial charge in [0.1, 0.15) is 6.10 Å². The number of aliphatic hydroxyl groups excluding tert-OH is 3. The lowest BCUT2D eigenvalue weighted by Gasteiger charge is -2.26. The average molecular weight is 706 g/mol. The highest BCUT2D eigenvalue weighted by Crippen LogP contribution is 2.15. The highest BCUT2D eigenvalue weighted by atomic mass is 16.3. The first kappa shape index (κ1) is 48.8. The molecule has 5 nitrogen and oxygen atoms in total. The van der Waals surface area contributed by atoms with E-state index in [1.54, 1.807) is 0 Å². The van der Waals surface area contributed by atoms with Gasteiger partial charge in [-0.1, -0.05) is 199 Å². The van der Waals surface area contributed by atoms with Gasteiger partial charge in [-0.25, -0.2) is 0 Å². The van der Waals surface area contributed by atoms with Crippen molar-refractivity contribution in [3.8, 4) is 0 Å². The second-order valence-corrected chi connectivity index (χ2v) is 15.2. The predicted octanol–water partition coefficient (Wildman–Crippen LogP) is 12.6. The molecule has 3 unspecified atom stereocenters. The summed E-state index contributed by atoms with van der Waals surface area (Å²) in [6.45, 7) is 4.16. The minimum absolute atomic E-state index is 0.158. The molecule has 0 aromatic rings. The normalized spacial score (nSPS) is 13.8. The summed E-state index contributed by atoms with van der Waals surface area (Å²) in [6.07, 6.45) is 48.7. The van der Waals surface area contributed by atoms with Gasteiger partial charge in [0.05, 0.1) is 18.8 Å². The first-order valence-corrected chi connectivity index (χ1v) is 22.1. The third kappa shape index (κ3) is 35.2. The Morgan fingerprint density at radius 2 is 0.820 bits per heavy atom. The molecule has 0 saturated heterocycles. The molecule has 0 bridgehead atoms. The summed E-state index contributed by atoms with van der Waals surface area (Å²) >= 11 is 0. The number of amides is 1. The van der Waals surface area contributed by atoms with Crippen LogP contribution in [-0.4, -0.2) is 46.1 Å². The van der Waals surface area contributed by atoms with Gasteiger partial charge < -0.3 is 20.6 Å². The number of hydrogen-bond acceptors (Lipinski definition) is 4. The quantitative estimate of drug-likeness (QED) is 0.0377. The Bertz CT molecular complexity index is 739. The van der Waals surface area contributed by atoms with E-state index in [1.807, 2.05) is 0 Å². The summed E-state index contributed by atoms with van der Waals surface area (Å²) in [4.78, 5) is 12.4. The Balaban J connectivity index is 3.65. The number of carbonyl (C=O) groups is 1. The van der Waals surface area contributed by atoms with Gasteiger partial charge in [0.2, 0.25) is 5.91 Å². The summed E-state index contributed by atoms with van der Waals surface area (Å²) in [5.74, 6) is -0.158. The van der Waals surface area contributed by atoms with Crippen molar-refractivity contribution in [2.24, 2.45) is 0 Å². The Hall–Kier alpha value is -1.17. The molecule has 5 heteroatoms. The van der Waals surface area contributed by atoms with E-state index in [4.69, 9.17) is 0 Å². The van der Waals surface area contributed by atoms with Crippen LogP contribution >= 0.6 is 0 Å². The molecule has 50 heavy (non-hydrogen) atoms. The summed E-state index contributed by atoms with van der Waals surface area (Å²) < 4.78 is 0. The fraction of sp³-hybridized carbons (Fsp3) is 0.889. The van der Waals surface area contributed by atoms with Gasteiger partial charge >= 0.3 is 0 Å². The van der Waals surface area contributed by atoms with Gasteiger partial charge in [0.25, 0.3) is 0 Å². The summed E-state index contributed by atoms with van der Waals surface area (Å²) in [6, 6.07) is -0.827. The molecule has 0 heterocycles. The number of rotatable bonds is 40. The van der Waals surface area contributed by atoms with Crippen molar-refractivity contribution in [2.45, 2.75) is 250 Å². The van der Waals surface area contributed by atoms with E-state index < -0.39 is 18.2 Å². The highest BCUT2D eigenvalue weighted by molar-refractivity contribution is 5.76. The predicted molar refractivity (Wildman–Crippen MR) is 218 cm³/mol. The molecular weight excluding hydrogens is 618 g/mol. The van der Waals surface area contributed by atoms with E-state index >= 15 is 0 Å². The lowest BCUT2D eigenvalue weighted by Crippen LogP contribution is -2.50. The van der Waals surface area contributed by atoms with E-state index in [1.165, 1.54) is 161 Å². The highest BCUT2D eigenvalue weighted by Gasteiger charge is 2.26. The van der Waals surface area contributed by atoms with Crippen molar-refractivity contribution >= 4 is 5.91 Å². The zero-order valence-electron chi connectivity index (χ0n) is 33.5. The molecule has 0 aliphatic rings. The number of unbranched alkanes of at least 4 members (excludes halogenated alkanes) is 28. The van der Waals surface area contributed by atoms with Crippen molar-refractivity contribution in [3.05, 3.63) is 24.3 Å². The molecule has 296 valence electrons. The lowest BCUT2D eigenvalue weighted by molar-refractivity contribution is -0.124. The molecule has 0 aromatic heterocycles. The average Bonchev–Trinajstić information content (AvgIpc) is 3.12. The van der Waals surface area contributed by atoms with Crippen molar-refractivity contribution in [2.75, 3.05) is 6.61 Å². The maximum atomic E-state index is 12.4. The molecule has 0 aliphatic heterocycles. The van der Waals surface area contributed by atoms with Crippen LogP contribution in [0.5, 0.6) is 0 Å². The number of carbonyl (C=O) groups excluding carboxylic acids is 1. The maximum Gasteiger partial charge on any atom is 0.220 e. The molecule has 0 radical (unpaired) electrons. The fourth-order valence-electron chi connectivity index (χ4n) is 6.83. The molecule has 0 rings (SSSR count). The summed E-state index contributed by atoms with van der Waals surface area (Å²) in [5, 5.41) is 33.4. The second-order valence-electron chi connectivity index (χ2n) is 15.2. The van der Waals surface area contributed by atoms with Crippen LogP contribution in [-0.2, 0) is 4.79 Å². The SMILES string of the molecule is CCCCCCCCCCCCCCCCC/C=C/CC/C=C/CCCC(O)C(O)C(CO)NC(=O)CCCCCCCCCCCCCC. The Morgan fingerprint density at radius 1 is 0.480 bits per heavy atom. The van der Waals surface area contributed by atoms with Gasteiger partial charge in [0, 0.05) is 6.42 Å². The molecule has 0 saturated carbocycles. The zero-order valence-corrected chi connectivity index (χ0v) is 33.5. The van der Waals surface area contributed by atoms with Crippen LogP contribution in [0.1, 0.15) is 232 Å². The molecule has 4 N–H and O–H groups in total. The third-order valence-electron chi connectivity index (χ3n) is 10.3. The van der Waals surface area contributed by atoms with Crippen molar-refractivity contribution in [1.82, 2.24) is 5.32 Å².